The summed E-state index contributed by atoms with van der Waals surface area (Å²) in [5.41, 5.74) is 1.94. The van der Waals surface area contributed by atoms with Gasteiger partial charge in [0.2, 0.25) is 11.9 Å². The molecule has 0 saturated heterocycles. The van der Waals surface area contributed by atoms with Gasteiger partial charge in [-0.15, -0.1) is 5.10 Å². The zero-order chi connectivity index (χ0) is 19.0. The third kappa shape index (κ3) is 3.29. The Morgan fingerprint density at radius 1 is 1.22 bits per heavy atom. The van der Waals surface area contributed by atoms with Crippen molar-refractivity contribution in [2.75, 3.05) is 10.6 Å². The Hall–Kier alpha value is -3.19. The first kappa shape index (κ1) is 17.2. The second-order valence-electron chi connectivity index (χ2n) is 6.04. The summed E-state index contributed by atoms with van der Waals surface area (Å²) < 4.78 is 16.1. The molecule has 4 rings (SSSR count). The first-order valence-corrected chi connectivity index (χ1v) is 8.63. The normalized spacial score (nSPS) is 15.5. The molecule has 3 aromatic rings. The van der Waals surface area contributed by atoms with E-state index in [0.717, 1.165) is 11.3 Å². The minimum atomic E-state index is -0.625. The number of anilines is 2. The van der Waals surface area contributed by atoms with Gasteiger partial charge in [-0.05, 0) is 23.8 Å². The number of nitrogens with zero attached hydrogens (tertiary/aromatic N) is 3. The van der Waals surface area contributed by atoms with Crippen molar-refractivity contribution in [1.82, 2.24) is 14.8 Å². The van der Waals surface area contributed by atoms with E-state index in [2.05, 4.69) is 20.7 Å². The first-order chi connectivity index (χ1) is 13.0. The molecule has 0 spiro atoms. The van der Waals surface area contributed by atoms with E-state index in [1.807, 2.05) is 36.4 Å². The molecule has 0 aliphatic carbocycles. The van der Waals surface area contributed by atoms with Crippen molar-refractivity contribution in [2.24, 2.45) is 0 Å². The zero-order valence-corrected chi connectivity index (χ0v) is 15.0. The average Bonchev–Trinajstić information content (AvgIpc) is 3.03. The largest absolute Gasteiger partial charge is 0.324 e. The smallest absolute Gasteiger partial charge is 0.250 e. The van der Waals surface area contributed by atoms with Gasteiger partial charge in [-0.1, -0.05) is 48.0 Å². The lowest BCUT2D eigenvalue weighted by Gasteiger charge is -2.25. The first-order valence-electron chi connectivity index (χ1n) is 8.25. The highest BCUT2D eigenvalue weighted by atomic mass is 35.5. The summed E-state index contributed by atoms with van der Waals surface area (Å²) in [6, 6.07) is 13.5. The van der Waals surface area contributed by atoms with E-state index in [1.165, 1.54) is 17.7 Å². The van der Waals surface area contributed by atoms with Gasteiger partial charge in [0, 0.05) is 23.2 Å². The zero-order valence-electron chi connectivity index (χ0n) is 14.3. The average molecular weight is 384 g/mol. The van der Waals surface area contributed by atoms with Gasteiger partial charge in [0.25, 0.3) is 5.95 Å². The number of rotatable bonds is 3. The van der Waals surface area contributed by atoms with Crippen molar-refractivity contribution in [2.45, 2.75) is 13.0 Å². The molecule has 0 fully saturated rings. The van der Waals surface area contributed by atoms with Crippen molar-refractivity contribution >= 4 is 35.1 Å². The number of hydrogen-bond acceptors (Lipinski definition) is 4. The molecule has 27 heavy (non-hydrogen) atoms. The fraction of sp³-hybridized carbons (Fsp3) is 0.105. The third-order valence-corrected chi connectivity index (χ3v) is 4.46. The third-order valence-electron chi connectivity index (χ3n) is 4.13. The molecule has 0 saturated carbocycles. The number of carbonyl (C=O) groups excluding carboxylic acids is 1. The summed E-state index contributed by atoms with van der Waals surface area (Å²) in [6.45, 7) is 1.37. The van der Waals surface area contributed by atoms with Crippen LogP contribution in [0.2, 0.25) is 5.02 Å². The highest BCUT2D eigenvalue weighted by Gasteiger charge is 2.28. The summed E-state index contributed by atoms with van der Waals surface area (Å²) in [5.74, 6) is -0.232. The molecule has 136 valence electrons. The standard InChI is InChI=1S/C19H15ClFN5O/c1-11(27)22-18-24-19-23-15(12-6-3-2-4-7-12)10-16(26(19)25-18)17-13(20)8-5-9-14(17)21/h2-10,16H,1H3,(H2,22,23,24,25,27). The summed E-state index contributed by atoms with van der Waals surface area (Å²) in [7, 11) is 0. The molecule has 6 nitrogen and oxygen atoms in total. The molecule has 0 radical (unpaired) electrons. The lowest BCUT2D eigenvalue weighted by Crippen LogP contribution is -2.21. The molecule has 1 atom stereocenters. The number of aromatic nitrogens is 3. The van der Waals surface area contributed by atoms with Crippen LogP contribution in [-0.2, 0) is 4.79 Å². The van der Waals surface area contributed by atoms with Crippen LogP contribution in [0.1, 0.15) is 24.1 Å². The summed E-state index contributed by atoms with van der Waals surface area (Å²) in [4.78, 5) is 15.7. The van der Waals surface area contributed by atoms with Gasteiger partial charge < -0.3 is 5.32 Å². The monoisotopic (exact) mass is 383 g/mol. The Bertz CT molecular complexity index is 1030. The van der Waals surface area contributed by atoms with Gasteiger partial charge in [0.15, 0.2) is 0 Å². The molecule has 1 amide bonds. The van der Waals surface area contributed by atoms with Crippen LogP contribution in [0.5, 0.6) is 0 Å². The van der Waals surface area contributed by atoms with E-state index < -0.39 is 11.9 Å². The predicted octanol–water partition coefficient (Wildman–Crippen LogP) is 4.09. The van der Waals surface area contributed by atoms with E-state index >= 15 is 0 Å². The Labute approximate surface area is 159 Å². The maximum atomic E-state index is 14.6. The second-order valence-corrected chi connectivity index (χ2v) is 6.44. The molecule has 1 aliphatic rings. The van der Waals surface area contributed by atoms with Crippen molar-refractivity contribution in [3.05, 3.63) is 76.6 Å². The highest BCUT2D eigenvalue weighted by Crippen LogP contribution is 2.37. The van der Waals surface area contributed by atoms with Crippen molar-refractivity contribution in [3.63, 3.8) is 0 Å². The molecule has 1 aromatic heterocycles. The van der Waals surface area contributed by atoms with Crippen molar-refractivity contribution < 1.29 is 9.18 Å². The van der Waals surface area contributed by atoms with Crippen molar-refractivity contribution in [3.8, 4) is 0 Å². The molecule has 1 aliphatic heterocycles. The summed E-state index contributed by atoms with van der Waals surface area (Å²) in [6.07, 6.45) is 1.83. The minimum absolute atomic E-state index is 0.130. The van der Waals surface area contributed by atoms with Crippen LogP contribution in [0.4, 0.5) is 16.3 Å². The van der Waals surface area contributed by atoms with Crippen LogP contribution >= 0.6 is 11.6 Å². The Morgan fingerprint density at radius 3 is 2.70 bits per heavy atom. The van der Waals surface area contributed by atoms with E-state index in [1.54, 1.807) is 12.1 Å². The van der Waals surface area contributed by atoms with Crippen LogP contribution in [0.25, 0.3) is 5.70 Å². The molecular weight excluding hydrogens is 369 g/mol. The molecular formula is C19H15ClFN5O. The number of allylic oxidation sites excluding steroid dienone is 1. The maximum Gasteiger partial charge on any atom is 0.250 e. The Kier molecular flexibility index (Phi) is 4.37. The SMILES string of the molecule is CC(=O)Nc1nc2n(n1)C(c1c(F)cccc1Cl)C=C(c1ccccc1)N2. The number of benzene rings is 2. The van der Waals surface area contributed by atoms with Gasteiger partial charge in [-0.3, -0.25) is 10.1 Å². The van der Waals surface area contributed by atoms with Gasteiger partial charge >= 0.3 is 0 Å². The fourth-order valence-electron chi connectivity index (χ4n) is 2.99. The molecule has 2 heterocycles. The van der Waals surface area contributed by atoms with Crippen LogP contribution in [0.3, 0.4) is 0 Å². The molecule has 2 N–H and O–H groups in total. The van der Waals surface area contributed by atoms with Gasteiger partial charge in [-0.2, -0.15) is 4.98 Å². The van der Waals surface area contributed by atoms with Crippen LogP contribution in [0, 0.1) is 5.82 Å². The van der Waals surface area contributed by atoms with Gasteiger partial charge in [0.05, 0.1) is 0 Å². The predicted molar refractivity (Wildman–Crippen MR) is 102 cm³/mol. The summed E-state index contributed by atoms with van der Waals surface area (Å²) >= 11 is 6.29. The number of hydrogen-bond donors (Lipinski definition) is 2. The lowest BCUT2D eigenvalue weighted by molar-refractivity contribution is -0.114. The van der Waals surface area contributed by atoms with Crippen LogP contribution in [-0.4, -0.2) is 20.7 Å². The van der Waals surface area contributed by atoms with E-state index in [9.17, 15) is 9.18 Å². The van der Waals surface area contributed by atoms with E-state index in [4.69, 9.17) is 11.6 Å². The minimum Gasteiger partial charge on any atom is -0.324 e. The highest BCUT2D eigenvalue weighted by molar-refractivity contribution is 6.31. The Morgan fingerprint density at radius 2 is 2.00 bits per heavy atom. The summed E-state index contributed by atoms with van der Waals surface area (Å²) in [5, 5.41) is 10.3. The quantitative estimate of drug-likeness (QED) is 0.714. The Balaban J connectivity index is 1.87. The molecule has 8 heteroatoms. The van der Waals surface area contributed by atoms with Gasteiger partial charge in [0.1, 0.15) is 11.9 Å². The number of halogens is 2. The molecule has 0 bridgehead atoms. The number of nitrogens with one attached hydrogen (secondary N) is 2. The second kappa shape index (κ2) is 6.85. The number of carbonyl (C=O) groups is 1. The van der Waals surface area contributed by atoms with Crippen LogP contribution < -0.4 is 10.6 Å². The van der Waals surface area contributed by atoms with Crippen molar-refractivity contribution in [1.29, 1.82) is 0 Å². The van der Waals surface area contributed by atoms with E-state index in [0.29, 0.717) is 5.95 Å². The lowest BCUT2D eigenvalue weighted by atomic mass is 10.0. The maximum absolute atomic E-state index is 14.6. The van der Waals surface area contributed by atoms with Crippen LogP contribution in [0.15, 0.2) is 54.6 Å². The van der Waals surface area contributed by atoms with Gasteiger partial charge in [-0.25, -0.2) is 9.07 Å². The number of fused-ring (bicyclic) bond motifs is 1. The molecule has 1 unspecified atom stereocenters. The number of amides is 1. The van der Waals surface area contributed by atoms with E-state index in [-0.39, 0.29) is 22.4 Å². The topological polar surface area (TPSA) is 71.8 Å². The fourth-order valence-corrected chi connectivity index (χ4v) is 3.26. The molecule has 2 aromatic carbocycles.